The molecule has 38 valence electrons. The summed E-state index contributed by atoms with van der Waals surface area (Å²) in [6, 6.07) is 0. The third kappa shape index (κ3) is 9.37. The molecule has 3 heteroatoms. The van der Waals surface area contributed by atoms with Crippen LogP contribution in [-0.4, -0.2) is 5.97 Å². The second-order valence-electron chi connectivity index (χ2n) is 0.919. The fourth-order valence-electron chi connectivity index (χ4n) is 0.151. The van der Waals surface area contributed by atoms with Gasteiger partial charge in [-0.1, -0.05) is 0 Å². The molecule has 0 aromatic heterocycles. The van der Waals surface area contributed by atoms with E-state index in [1.165, 1.54) is 6.08 Å². The third-order valence-corrected chi connectivity index (χ3v) is 0.368. The molecule has 0 amide bonds. The van der Waals surface area contributed by atoms with Crippen molar-refractivity contribution in [1.29, 1.82) is 0 Å². The topological polar surface area (TPSA) is 40.1 Å². The Bertz CT molecular complexity index is 122. The number of aliphatic carboxylic acids is 1. The van der Waals surface area contributed by atoms with Crippen LogP contribution in [0.25, 0.3) is 0 Å². The number of carboxylic acids is 1. The van der Waals surface area contributed by atoms with E-state index in [1.54, 1.807) is 6.92 Å². The molecule has 0 spiro atoms. The fraction of sp³-hybridized carbons (Fsp3) is 0.200. The monoisotopic (exact) mass is 120 g/mol. The summed E-state index contributed by atoms with van der Waals surface area (Å²) in [5.74, 6) is -1.21. The van der Waals surface area contributed by atoms with E-state index in [1.807, 2.05) is 0 Å². The van der Waals surface area contributed by atoms with Crippen LogP contribution in [0.3, 0.4) is 0 Å². The average molecular weight is 120 g/mol. The first-order valence-corrected chi connectivity index (χ1v) is 1.85. The summed E-state index contributed by atoms with van der Waals surface area (Å²) in [6.45, 7) is 1.68. The molecule has 0 radical (unpaired) electrons. The van der Waals surface area contributed by atoms with Crippen molar-refractivity contribution in [2.45, 2.75) is 6.92 Å². The number of carbonyl (C=O) groups is 1. The Morgan fingerprint density at radius 1 is 1.75 bits per heavy atom. The Kier molecular flexibility index (Phi) is 9.51. The van der Waals surface area contributed by atoms with E-state index in [9.17, 15) is 9.90 Å². The minimum atomic E-state index is -1.21. The summed E-state index contributed by atoms with van der Waals surface area (Å²) < 4.78 is 0. The van der Waals surface area contributed by atoms with Crippen LogP contribution in [0.5, 0.6) is 0 Å². The van der Waals surface area contributed by atoms with Gasteiger partial charge in [-0.15, -0.1) is 5.73 Å². The normalized spacial score (nSPS) is 5.62. The molecule has 0 N–H and O–H groups in total. The Balaban J connectivity index is 0. The first-order valence-electron chi connectivity index (χ1n) is 1.85. The van der Waals surface area contributed by atoms with E-state index in [-0.39, 0.29) is 29.6 Å². The molecule has 0 aliphatic carbocycles. The quantitative estimate of drug-likeness (QED) is 0.204. The molecule has 2 nitrogen and oxygen atoms in total. The molecule has 0 heterocycles. The van der Waals surface area contributed by atoms with Gasteiger partial charge in [0.2, 0.25) is 0 Å². The maximum atomic E-state index is 9.51. The summed E-state index contributed by atoms with van der Waals surface area (Å²) in [6.07, 6.45) is 2.34. The van der Waals surface area contributed by atoms with Crippen molar-refractivity contribution in [3.63, 3.8) is 0 Å². The number of rotatable bonds is 1. The smallest absolute Gasteiger partial charge is 0.545 e. The summed E-state index contributed by atoms with van der Waals surface area (Å²) in [4.78, 5) is 9.51. The Morgan fingerprint density at radius 3 is 2.38 bits per heavy atom. The molecule has 0 atom stereocenters. The van der Waals surface area contributed by atoms with Crippen LogP contribution in [0, 0.1) is 0 Å². The van der Waals surface area contributed by atoms with Crippen molar-refractivity contribution in [2.75, 3.05) is 0 Å². The standard InChI is InChI=1S/C5H6O2.Na/c1-2-3-4-5(6)7;/h2,4H,1H3,(H,6,7);/q;+1/p-1. The Labute approximate surface area is 70.2 Å². The minimum Gasteiger partial charge on any atom is -0.545 e. The molecular weight excluding hydrogens is 115 g/mol. The Morgan fingerprint density at radius 2 is 2.25 bits per heavy atom. The Hall–Kier alpha value is -0.0100. The van der Waals surface area contributed by atoms with Gasteiger partial charge in [0.1, 0.15) is 0 Å². The van der Waals surface area contributed by atoms with E-state index in [0.717, 1.165) is 6.08 Å². The van der Waals surface area contributed by atoms with Gasteiger partial charge in [-0.25, -0.2) is 0 Å². The summed E-state index contributed by atoms with van der Waals surface area (Å²) in [7, 11) is 0. The maximum Gasteiger partial charge on any atom is 1.00 e. The van der Waals surface area contributed by atoms with Gasteiger partial charge in [0.15, 0.2) is 0 Å². The van der Waals surface area contributed by atoms with E-state index in [4.69, 9.17) is 0 Å². The third-order valence-electron chi connectivity index (χ3n) is 0.368. The van der Waals surface area contributed by atoms with E-state index >= 15 is 0 Å². The molecule has 0 fully saturated rings. The SMILES string of the molecule is CC=C=CC(=O)[O-].[Na+]. The zero-order valence-corrected chi connectivity index (χ0v) is 6.97. The van der Waals surface area contributed by atoms with Crippen molar-refractivity contribution in [1.82, 2.24) is 0 Å². The van der Waals surface area contributed by atoms with Crippen LogP contribution < -0.4 is 34.7 Å². The molecule has 0 saturated carbocycles. The second-order valence-corrected chi connectivity index (χ2v) is 0.919. The summed E-state index contributed by atoms with van der Waals surface area (Å²) in [5.41, 5.74) is 2.34. The molecule has 0 unspecified atom stereocenters. The van der Waals surface area contributed by atoms with Crippen molar-refractivity contribution in [2.24, 2.45) is 0 Å². The van der Waals surface area contributed by atoms with Gasteiger partial charge < -0.3 is 9.90 Å². The summed E-state index contributed by atoms with van der Waals surface area (Å²) >= 11 is 0. The molecule has 0 aliphatic rings. The van der Waals surface area contributed by atoms with Crippen LogP contribution in [-0.2, 0) is 4.79 Å². The van der Waals surface area contributed by atoms with E-state index in [2.05, 4.69) is 5.73 Å². The molecule has 0 saturated heterocycles. The zero-order chi connectivity index (χ0) is 5.70. The first-order chi connectivity index (χ1) is 3.27. The fourth-order valence-corrected chi connectivity index (χ4v) is 0.151. The van der Waals surface area contributed by atoms with E-state index in [0.29, 0.717) is 0 Å². The molecule has 8 heavy (non-hydrogen) atoms. The number of carbonyl (C=O) groups excluding carboxylic acids is 1. The van der Waals surface area contributed by atoms with Gasteiger partial charge in [0.05, 0.1) is 5.97 Å². The molecule has 0 aliphatic heterocycles. The van der Waals surface area contributed by atoms with Gasteiger partial charge in [-0.2, -0.15) is 0 Å². The first kappa shape index (κ1) is 10.9. The summed E-state index contributed by atoms with van der Waals surface area (Å²) in [5, 5.41) is 9.51. The predicted molar refractivity (Wildman–Crippen MR) is 23.3 cm³/mol. The molecule has 0 aromatic carbocycles. The van der Waals surface area contributed by atoms with Gasteiger partial charge in [-0.05, 0) is 13.0 Å². The van der Waals surface area contributed by atoms with E-state index < -0.39 is 5.97 Å². The zero-order valence-electron chi connectivity index (χ0n) is 4.97. The van der Waals surface area contributed by atoms with Gasteiger partial charge >= 0.3 is 29.6 Å². The largest absolute Gasteiger partial charge is 1.00 e. The second kappa shape index (κ2) is 6.99. The van der Waals surface area contributed by atoms with Crippen LogP contribution in [0.1, 0.15) is 6.92 Å². The number of hydrogen-bond acceptors (Lipinski definition) is 2. The van der Waals surface area contributed by atoms with Crippen LogP contribution in [0.2, 0.25) is 0 Å². The molecule has 0 bridgehead atoms. The van der Waals surface area contributed by atoms with Gasteiger partial charge in [0.25, 0.3) is 0 Å². The molecule has 0 rings (SSSR count). The predicted octanol–water partition coefficient (Wildman–Crippen LogP) is -3.53. The molecule has 0 aromatic rings. The average Bonchev–Trinajstić information content (AvgIpc) is 1.61. The van der Waals surface area contributed by atoms with Crippen molar-refractivity contribution < 1.29 is 39.5 Å². The van der Waals surface area contributed by atoms with Crippen LogP contribution in [0.4, 0.5) is 0 Å². The van der Waals surface area contributed by atoms with Crippen molar-refractivity contribution >= 4 is 5.97 Å². The number of hydrogen-bond donors (Lipinski definition) is 0. The molecular formula is C5H5NaO2. The van der Waals surface area contributed by atoms with Crippen LogP contribution in [0.15, 0.2) is 17.9 Å². The maximum absolute atomic E-state index is 9.51. The van der Waals surface area contributed by atoms with Gasteiger partial charge in [-0.3, -0.25) is 0 Å². The van der Waals surface area contributed by atoms with Crippen molar-refractivity contribution in [3.05, 3.63) is 17.9 Å². The van der Waals surface area contributed by atoms with Crippen molar-refractivity contribution in [3.8, 4) is 0 Å². The minimum absolute atomic E-state index is 0. The van der Waals surface area contributed by atoms with Gasteiger partial charge in [0, 0.05) is 6.08 Å². The number of carboxylic acid groups (broad SMARTS) is 1. The van der Waals surface area contributed by atoms with Crippen LogP contribution >= 0.6 is 0 Å².